The van der Waals surface area contributed by atoms with Gasteiger partial charge in [-0.25, -0.2) is 0 Å². The van der Waals surface area contributed by atoms with Crippen LogP contribution in [0.4, 0.5) is 0 Å². The van der Waals surface area contributed by atoms with Crippen LogP contribution in [0.5, 0.6) is 5.75 Å². The molecule has 5 nitrogen and oxygen atoms in total. The van der Waals surface area contributed by atoms with Gasteiger partial charge in [0.1, 0.15) is 5.75 Å². The molecule has 21 heavy (non-hydrogen) atoms. The van der Waals surface area contributed by atoms with Gasteiger partial charge in [0.05, 0.1) is 6.10 Å². The van der Waals surface area contributed by atoms with Gasteiger partial charge in [0, 0.05) is 24.8 Å². The van der Waals surface area contributed by atoms with Crippen LogP contribution in [-0.4, -0.2) is 36.9 Å². The molecule has 116 valence electrons. The van der Waals surface area contributed by atoms with Gasteiger partial charge >= 0.3 is 0 Å². The molecular weight excluding hydrogens is 270 g/mol. The van der Waals surface area contributed by atoms with E-state index in [1.165, 1.54) is 0 Å². The lowest BCUT2D eigenvalue weighted by molar-refractivity contribution is -0.124. The van der Waals surface area contributed by atoms with E-state index in [1.54, 1.807) is 6.07 Å². The van der Waals surface area contributed by atoms with Crippen LogP contribution >= 0.6 is 0 Å². The van der Waals surface area contributed by atoms with Gasteiger partial charge in [0.2, 0.25) is 0 Å². The van der Waals surface area contributed by atoms with Gasteiger partial charge in [-0.15, -0.1) is 0 Å². The van der Waals surface area contributed by atoms with Crippen LogP contribution in [-0.2, 0) is 9.53 Å². The first-order valence-corrected chi connectivity index (χ1v) is 7.47. The Morgan fingerprint density at radius 1 is 1.43 bits per heavy atom. The highest BCUT2D eigenvalue weighted by atomic mass is 16.5. The molecule has 0 aliphatic carbocycles. The van der Waals surface area contributed by atoms with Crippen molar-refractivity contribution in [3.8, 4) is 5.75 Å². The number of aliphatic hydroxyl groups is 1. The Balaban J connectivity index is 1.86. The zero-order valence-electron chi connectivity index (χ0n) is 12.4. The Kier molecular flexibility index (Phi) is 6.02. The molecule has 1 heterocycles. The third-order valence-electron chi connectivity index (χ3n) is 3.61. The monoisotopic (exact) mass is 293 g/mol. The highest BCUT2D eigenvalue weighted by molar-refractivity contribution is 5.77. The highest BCUT2D eigenvalue weighted by Crippen LogP contribution is 2.26. The van der Waals surface area contributed by atoms with Gasteiger partial charge in [-0.1, -0.05) is 25.1 Å². The minimum absolute atomic E-state index is 0.0369. The number of amides is 1. The third-order valence-corrected chi connectivity index (χ3v) is 3.61. The third kappa shape index (κ3) is 4.72. The number of hydrogen-bond acceptors (Lipinski definition) is 4. The Bertz CT molecular complexity index is 457. The molecule has 1 aliphatic rings. The quantitative estimate of drug-likeness (QED) is 0.839. The van der Waals surface area contributed by atoms with Crippen LogP contribution < -0.4 is 10.1 Å². The number of ether oxygens (including phenoxy) is 2. The second-order valence-corrected chi connectivity index (χ2v) is 5.20. The highest BCUT2D eigenvalue weighted by Gasteiger charge is 2.17. The minimum Gasteiger partial charge on any atom is -0.483 e. The lowest BCUT2D eigenvalue weighted by Gasteiger charge is -2.23. The van der Waals surface area contributed by atoms with Crippen molar-refractivity contribution in [2.45, 2.75) is 38.3 Å². The summed E-state index contributed by atoms with van der Waals surface area (Å²) in [6.45, 7) is 3.25. The van der Waals surface area contributed by atoms with Crippen LogP contribution in [0.3, 0.4) is 0 Å². The molecule has 1 fully saturated rings. The molecule has 1 aliphatic heterocycles. The van der Waals surface area contributed by atoms with E-state index in [0.717, 1.165) is 18.4 Å². The molecule has 0 saturated carbocycles. The Labute approximate surface area is 125 Å². The number of aliphatic hydroxyl groups excluding tert-OH is 1. The van der Waals surface area contributed by atoms with Crippen molar-refractivity contribution in [1.82, 2.24) is 5.32 Å². The molecule has 2 rings (SSSR count). The summed E-state index contributed by atoms with van der Waals surface area (Å²) < 4.78 is 10.8. The Morgan fingerprint density at radius 2 is 2.14 bits per heavy atom. The molecule has 1 aromatic rings. The molecule has 0 aromatic heterocycles. The molecule has 5 heteroatoms. The van der Waals surface area contributed by atoms with Crippen molar-refractivity contribution >= 4 is 5.91 Å². The van der Waals surface area contributed by atoms with E-state index in [1.807, 2.05) is 25.1 Å². The normalized spacial score (nSPS) is 17.2. The summed E-state index contributed by atoms with van der Waals surface area (Å²) in [6, 6.07) is 7.45. The van der Waals surface area contributed by atoms with Gasteiger partial charge in [-0.3, -0.25) is 4.79 Å². The smallest absolute Gasteiger partial charge is 0.258 e. The van der Waals surface area contributed by atoms with Crippen LogP contribution in [0.15, 0.2) is 24.3 Å². The minimum atomic E-state index is -0.570. The van der Waals surface area contributed by atoms with Gasteiger partial charge in [-0.2, -0.15) is 0 Å². The second-order valence-electron chi connectivity index (χ2n) is 5.20. The maximum absolute atomic E-state index is 11.9. The molecule has 1 saturated heterocycles. The predicted molar refractivity (Wildman–Crippen MR) is 79.2 cm³/mol. The standard InChI is InChI=1S/C16H23NO4/c1-2-14(18)13-5-3-4-6-15(13)21-11-16(19)17-12-7-9-20-10-8-12/h3-6,12,14,18H,2,7-11H2,1H3,(H,17,19)/t14-/m1/s1. The van der Waals surface area contributed by atoms with E-state index in [2.05, 4.69) is 5.32 Å². The molecule has 0 bridgehead atoms. The Hall–Kier alpha value is -1.59. The van der Waals surface area contributed by atoms with Gasteiger partial charge in [0.15, 0.2) is 6.61 Å². The topological polar surface area (TPSA) is 67.8 Å². The molecular formula is C16H23NO4. The van der Waals surface area contributed by atoms with Crippen molar-refractivity contribution in [3.05, 3.63) is 29.8 Å². The van der Waals surface area contributed by atoms with Gasteiger partial charge in [-0.05, 0) is 25.3 Å². The first-order valence-electron chi connectivity index (χ1n) is 7.47. The first-order chi connectivity index (χ1) is 10.2. The van der Waals surface area contributed by atoms with E-state index in [9.17, 15) is 9.90 Å². The number of hydrogen-bond donors (Lipinski definition) is 2. The summed E-state index contributed by atoms with van der Waals surface area (Å²) >= 11 is 0. The average molecular weight is 293 g/mol. The fraction of sp³-hybridized carbons (Fsp3) is 0.562. The van der Waals surface area contributed by atoms with Crippen molar-refractivity contribution < 1.29 is 19.4 Å². The summed E-state index contributed by atoms with van der Waals surface area (Å²) in [5.41, 5.74) is 0.721. The van der Waals surface area contributed by atoms with Crippen LogP contribution in [0.1, 0.15) is 37.9 Å². The van der Waals surface area contributed by atoms with Gasteiger partial charge < -0.3 is 19.9 Å². The van der Waals surface area contributed by atoms with Crippen LogP contribution in [0.25, 0.3) is 0 Å². The molecule has 1 atom stereocenters. The van der Waals surface area contributed by atoms with Crippen LogP contribution in [0.2, 0.25) is 0 Å². The molecule has 0 radical (unpaired) electrons. The number of carbonyl (C=O) groups excluding carboxylic acids is 1. The van der Waals surface area contributed by atoms with E-state index in [-0.39, 0.29) is 18.6 Å². The summed E-state index contributed by atoms with van der Waals surface area (Å²) in [7, 11) is 0. The second kappa shape index (κ2) is 8.00. The maximum atomic E-state index is 11.9. The molecule has 1 amide bonds. The maximum Gasteiger partial charge on any atom is 0.258 e. The fourth-order valence-corrected chi connectivity index (χ4v) is 2.36. The summed E-state index contributed by atoms with van der Waals surface area (Å²) in [6.07, 6.45) is 1.72. The van der Waals surface area contributed by atoms with Crippen molar-refractivity contribution in [2.24, 2.45) is 0 Å². The lowest BCUT2D eigenvalue weighted by Crippen LogP contribution is -2.41. The van der Waals surface area contributed by atoms with E-state index < -0.39 is 6.10 Å². The summed E-state index contributed by atoms with van der Waals surface area (Å²) in [4.78, 5) is 11.9. The number of nitrogens with one attached hydrogen (secondary N) is 1. The van der Waals surface area contributed by atoms with Crippen LogP contribution in [0, 0.1) is 0 Å². The molecule has 0 spiro atoms. The average Bonchev–Trinajstić information content (AvgIpc) is 2.53. The predicted octanol–water partition coefficient (Wildman–Crippen LogP) is 1.80. The van der Waals surface area contributed by atoms with E-state index >= 15 is 0 Å². The largest absolute Gasteiger partial charge is 0.483 e. The zero-order valence-corrected chi connectivity index (χ0v) is 12.4. The number of benzene rings is 1. The lowest BCUT2D eigenvalue weighted by atomic mass is 10.1. The number of carbonyl (C=O) groups is 1. The van der Waals surface area contributed by atoms with Crippen molar-refractivity contribution in [1.29, 1.82) is 0 Å². The van der Waals surface area contributed by atoms with Crippen molar-refractivity contribution in [2.75, 3.05) is 19.8 Å². The summed E-state index contributed by atoms with van der Waals surface area (Å²) in [5.74, 6) is 0.427. The molecule has 1 aromatic carbocycles. The number of rotatable bonds is 6. The van der Waals surface area contributed by atoms with Crippen molar-refractivity contribution in [3.63, 3.8) is 0 Å². The zero-order chi connectivity index (χ0) is 15.1. The molecule has 2 N–H and O–H groups in total. The van der Waals surface area contributed by atoms with Gasteiger partial charge in [0.25, 0.3) is 5.91 Å². The fourth-order valence-electron chi connectivity index (χ4n) is 2.36. The first kappa shape index (κ1) is 15.8. The summed E-state index contributed by atoms with van der Waals surface area (Å²) in [5, 5.41) is 12.9. The van der Waals surface area contributed by atoms with E-state index in [0.29, 0.717) is 25.4 Å². The van der Waals surface area contributed by atoms with E-state index in [4.69, 9.17) is 9.47 Å². The SMILES string of the molecule is CC[C@@H](O)c1ccccc1OCC(=O)NC1CCOCC1. The number of para-hydroxylation sites is 1. The Morgan fingerprint density at radius 3 is 2.86 bits per heavy atom. The molecule has 0 unspecified atom stereocenters.